The smallest absolute Gasteiger partial charge is 0.410 e. The van der Waals surface area contributed by atoms with Gasteiger partial charge in [-0.05, 0) is 58.4 Å². The summed E-state index contributed by atoms with van der Waals surface area (Å²) in [7, 11) is 0. The lowest BCUT2D eigenvalue weighted by Crippen LogP contribution is -2.64. The van der Waals surface area contributed by atoms with Gasteiger partial charge in [0.15, 0.2) is 0 Å². The van der Waals surface area contributed by atoms with E-state index in [1.165, 1.54) is 22.3 Å². The van der Waals surface area contributed by atoms with Gasteiger partial charge in [-0.3, -0.25) is 4.90 Å². The predicted octanol–water partition coefficient (Wildman–Crippen LogP) is 6.35. The number of fused-ring (bicyclic) bond motifs is 5. The van der Waals surface area contributed by atoms with Crippen LogP contribution in [0.2, 0.25) is 0 Å². The summed E-state index contributed by atoms with van der Waals surface area (Å²) in [6, 6.07) is 34.2. The number of morpholine rings is 1. The molecule has 2 bridgehead atoms. The van der Waals surface area contributed by atoms with Gasteiger partial charge < -0.3 is 19.3 Å². The number of amides is 1. The first kappa shape index (κ1) is 26.7. The van der Waals surface area contributed by atoms with Crippen LogP contribution in [0.4, 0.5) is 4.79 Å². The van der Waals surface area contributed by atoms with Crippen molar-refractivity contribution >= 4 is 6.09 Å². The Morgan fingerprint density at radius 2 is 1.43 bits per heavy atom. The van der Waals surface area contributed by atoms with Gasteiger partial charge in [-0.1, -0.05) is 91.0 Å². The summed E-state index contributed by atoms with van der Waals surface area (Å²) in [6.07, 6.45) is 1.03. The van der Waals surface area contributed by atoms with Crippen LogP contribution >= 0.6 is 0 Å². The van der Waals surface area contributed by atoms with E-state index in [-0.39, 0.29) is 30.7 Å². The van der Waals surface area contributed by atoms with Gasteiger partial charge in [-0.25, -0.2) is 4.79 Å². The minimum Gasteiger partial charge on any atom is -0.489 e. The van der Waals surface area contributed by atoms with E-state index < -0.39 is 5.60 Å². The monoisotopic (exact) mass is 561 g/mol. The molecule has 0 saturated carbocycles. The number of hydrogen-bond donors (Lipinski definition) is 1. The first-order valence-electron chi connectivity index (χ1n) is 14.8. The van der Waals surface area contributed by atoms with Crippen molar-refractivity contribution in [1.29, 1.82) is 0 Å². The Morgan fingerprint density at radius 3 is 2.12 bits per heavy atom. The van der Waals surface area contributed by atoms with Gasteiger partial charge in [0.1, 0.15) is 19.0 Å². The molecule has 1 N–H and O–H groups in total. The van der Waals surface area contributed by atoms with Gasteiger partial charge in [0.2, 0.25) is 0 Å². The predicted molar refractivity (Wildman–Crippen MR) is 160 cm³/mol. The van der Waals surface area contributed by atoms with E-state index in [4.69, 9.17) is 14.2 Å². The second-order valence-electron chi connectivity index (χ2n) is 11.8. The Labute approximate surface area is 246 Å². The highest BCUT2D eigenvalue weighted by molar-refractivity contribution is 5.79. The highest BCUT2D eigenvalue weighted by Crippen LogP contribution is 2.45. The third-order valence-electron chi connectivity index (χ3n) is 8.87. The van der Waals surface area contributed by atoms with E-state index in [9.17, 15) is 9.90 Å². The van der Waals surface area contributed by atoms with E-state index >= 15 is 0 Å². The summed E-state index contributed by atoms with van der Waals surface area (Å²) >= 11 is 0. The third kappa shape index (κ3) is 5.28. The maximum absolute atomic E-state index is 13.5. The van der Waals surface area contributed by atoms with Crippen molar-refractivity contribution in [2.75, 3.05) is 19.8 Å². The van der Waals surface area contributed by atoms with Gasteiger partial charge in [-0.2, -0.15) is 0 Å². The standard InChI is InChI=1S/C36H35NO5/c38-35(42-24-34-32-15-6-4-13-30(32)31-14-5-7-16-33(31)34)37-27-19-36(39,20-28(37)23-40-22-27)18-26-11-8-12-29(17-26)41-21-25-9-2-1-3-10-25/h1-17,27-28,34,39H,18-24H2. The number of carbonyl (C=O) groups is 1. The van der Waals surface area contributed by atoms with Crippen LogP contribution in [-0.2, 0) is 22.5 Å². The number of nitrogens with zero attached hydrogens (tertiary/aromatic N) is 1. The van der Waals surface area contributed by atoms with Crippen molar-refractivity contribution in [3.63, 3.8) is 0 Å². The normalized spacial score (nSPS) is 22.7. The minimum absolute atomic E-state index is 0.00977. The Kier molecular flexibility index (Phi) is 7.18. The highest BCUT2D eigenvalue weighted by Gasteiger charge is 2.48. The molecule has 1 amide bonds. The van der Waals surface area contributed by atoms with Crippen LogP contribution in [0, 0.1) is 0 Å². The maximum atomic E-state index is 13.5. The number of ether oxygens (including phenoxy) is 3. The molecule has 6 nitrogen and oxygen atoms in total. The molecule has 2 saturated heterocycles. The molecule has 42 heavy (non-hydrogen) atoms. The molecule has 6 heteroatoms. The van der Waals surface area contributed by atoms with Crippen LogP contribution in [0.3, 0.4) is 0 Å². The van der Waals surface area contributed by atoms with Crippen LogP contribution in [0.25, 0.3) is 11.1 Å². The molecule has 4 aromatic carbocycles. The fourth-order valence-electron chi connectivity index (χ4n) is 7.05. The van der Waals surface area contributed by atoms with E-state index in [1.807, 2.05) is 83.8 Å². The van der Waals surface area contributed by atoms with Crippen LogP contribution in [0.15, 0.2) is 103 Å². The summed E-state index contributed by atoms with van der Waals surface area (Å²) in [5, 5.41) is 11.8. The first-order chi connectivity index (χ1) is 20.6. The van der Waals surface area contributed by atoms with Crippen molar-refractivity contribution in [1.82, 2.24) is 4.90 Å². The molecule has 0 aromatic heterocycles. The van der Waals surface area contributed by atoms with Crippen molar-refractivity contribution in [3.8, 4) is 16.9 Å². The minimum atomic E-state index is -0.947. The van der Waals surface area contributed by atoms with Gasteiger partial charge in [0.05, 0.1) is 30.9 Å². The average Bonchev–Trinajstić information content (AvgIpc) is 3.32. The summed E-state index contributed by atoms with van der Waals surface area (Å²) in [4.78, 5) is 15.4. The zero-order chi connectivity index (χ0) is 28.5. The molecule has 2 atom stereocenters. The molecular formula is C36H35NO5. The second kappa shape index (κ2) is 11.3. The average molecular weight is 562 g/mol. The molecule has 2 aliphatic heterocycles. The lowest BCUT2D eigenvalue weighted by Gasteiger charge is -2.51. The molecule has 2 unspecified atom stereocenters. The number of hydrogen-bond acceptors (Lipinski definition) is 5. The van der Waals surface area contributed by atoms with E-state index in [1.54, 1.807) is 0 Å². The molecule has 4 aromatic rings. The Bertz CT molecular complexity index is 1510. The Balaban J connectivity index is 1.01. The highest BCUT2D eigenvalue weighted by atomic mass is 16.6. The largest absolute Gasteiger partial charge is 0.489 e. The van der Waals surface area contributed by atoms with E-state index in [0.717, 1.165) is 16.9 Å². The SMILES string of the molecule is O=C(OCC1c2ccccc2-c2ccccc21)N1C2COCC1CC(O)(Cc1cccc(OCc3ccccc3)c1)C2. The molecule has 2 heterocycles. The fraction of sp³-hybridized carbons (Fsp3) is 0.306. The fourth-order valence-corrected chi connectivity index (χ4v) is 7.05. The van der Waals surface area contributed by atoms with Gasteiger partial charge in [-0.15, -0.1) is 0 Å². The molecule has 1 aliphatic carbocycles. The van der Waals surface area contributed by atoms with E-state index in [0.29, 0.717) is 39.1 Å². The number of aliphatic hydroxyl groups is 1. The number of piperidine rings is 1. The van der Waals surface area contributed by atoms with Crippen LogP contribution in [0.5, 0.6) is 5.75 Å². The van der Waals surface area contributed by atoms with Crippen LogP contribution in [0.1, 0.15) is 41.0 Å². The van der Waals surface area contributed by atoms with Crippen molar-refractivity contribution in [2.24, 2.45) is 0 Å². The summed E-state index contributed by atoms with van der Waals surface area (Å²) in [5.74, 6) is 0.787. The van der Waals surface area contributed by atoms with Crippen LogP contribution < -0.4 is 4.74 Å². The number of carbonyl (C=O) groups excluding carboxylic acids is 1. The summed E-state index contributed by atoms with van der Waals surface area (Å²) in [5.41, 5.74) is 5.97. The van der Waals surface area contributed by atoms with Crippen molar-refractivity contribution < 1.29 is 24.1 Å². The maximum Gasteiger partial charge on any atom is 0.410 e. The molecular weight excluding hydrogens is 526 g/mol. The van der Waals surface area contributed by atoms with E-state index in [2.05, 4.69) is 24.3 Å². The number of benzene rings is 4. The Morgan fingerprint density at radius 1 is 0.810 bits per heavy atom. The summed E-state index contributed by atoms with van der Waals surface area (Å²) in [6.45, 7) is 1.56. The summed E-state index contributed by atoms with van der Waals surface area (Å²) < 4.78 is 17.9. The van der Waals surface area contributed by atoms with Gasteiger partial charge in [0.25, 0.3) is 0 Å². The Hall–Kier alpha value is -4.13. The van der Waals surface area contributed by atoms with Gasteiger partial charge >= 0.3 is 6.09 Å². The third-order valence-corrected chi connectivity index (χ3v) is 8.87. The van der Waals surface area contributed by atoms with Crippen LogP contribution in [-0.4, -0.2) is 53.6 Å². The molecule has 0 radical (unpaired) electrons. The molecule has 3 aliphatic rings. The second-order valence-corrected chi connectivity index (χ2v) is 11.8. The first-order valence-corrected chi connectivity index (χ1v) is 14.8. The lowest BCUT2D eigenvalue weighted by atomic mass is 9.78. The lowest BCUT2D eigenvalue weighted by molar-refractivity contribution is -0.132. The zero-order valence-corrected chi connectivity index (χ0v) is 23.5. The molecule has 214 valence electrons. The van der Waals surface area contributed by atoms with Crippen molar-refractivity contribution in [2.45, 2.75) is 49.5 Å². The molecule has 0 spiro atoms. The topological polar surface area (TPSA) is 68.2 Å². The zero-order valence-electron chi connectivity index (χ0n) is 23.5. The quantitative estimate of drug-likeness (QED) is 0.285. The van der Waals surface area contributed by atoms with Gasteiger partial charge in [0, 0.05) is 12.3 Å². The van der Waals surface area contributed by atoms with Crippen molar-refractivity contribution in [3.05, 3.63) is 125 Å². The number of rotatable bonds is 7. The molecule has 2 fully saturated rings. The molecule has 7 rings (SSSR count).